The molecule has 2 aromatic carbocycles. The number of halogens is 2. The molecule has 0 atom stereocenters. The summed E-state index contributed by atoms with van der Waals surface area (Å²) in [6.07, 6.45) is 0. The summed E-state index contributed by atoms with van der Waals surface area (Å²) in [6.45, 7) is 1.86. The van der Waals surface area contributed by atoms with Crippen LogP contribution in [-0.2, 0) is 12.6 Å². The average molecular weight is 471 g/mol. The summed E-state index contributed by atoms with van der Waals surface area (Å²) < 4.78 is 40.4. The summed E-state index contributed by atoms with van der Waals surface area (Å²) in [5, 5.41) is 0. The van der Waals surface area contributed by atoms with Crippen LogP contribution in [0.4, 0.5) is 0 Å². The van der Waals surface area contributed by atoms with Crippen LogP contribution in [0.1, 0.15) is 5.56 Å². The topological polar surface area (TPSA) is 63.6 Å². The van der Waals surface area contributed by atoms with E-state index in [1.54, 1.807) is 36.4 Å². The molecule has 1 N–H and O–H groups in total. The van der Waals surface area contributed by atoms with Gasteiger partial charge in [-0.25, -0.2) is 0 Å². The van der Waals surface area contributed by atoms with E-state index in [0.29, 0.717) is 3.57 Å². The minimum atomic E-state index is -3.93. The van der Waals surface area contributed by atoms with Crippen LogP contribution in [0.3, 0.4) is 0 Å². The summed E-state index contributed by atoms with van der Waals surface area (Å²) >= 11 is 0.0918. The fourth-order valence-electron chi connectivity index (χ4n) is 1.39. The second-order valence-electron chi connectivity index (χ2n) is 4.00. The molecule has 4 nitrogen and oxygen atoms in total. The third-order valence-electron chi connectivity index (χ3n) is 2.44. The van der Waals surface area contributed by atoms with Crippen LogP contribution in [0.15, 0.2) is 57.9 Å². The predicted molar refractivity (Wildman–Crippen MR) is 88.5 cm³/mol. The maximum atomic E-state index is 12.0. The molecule has 0 radical (unpaired) electrons. The first kappa shape index (κ1) is 15.9. The molecule has 108 valence electrons. The van der Waals surface area contributed by atoms with E-state index < -0.39 is 30.8 Å². The average Bonchev–Trinajstić information content (AvgIpc) is 2.39. The second kappa shape index (κ2) is 6.52. The monoisotopic (exact) mass is 470 g/mol. The van der Waals surface area contributed by atoms with Crippen molar-refractivity contribution in [2.75, 3.05) is 0 Å². The Morgan fingerprint density at radius 2 is 1.60 bits per heavy atom. The molecule has 7 heteroatoms. The summed E-state index contributed by atoms with van der Waals surface area (Å²) in [5.41, 5.74) is 0.955. The molecule has 0 fully saturated rings. The summed E-state index contributed by atoms with van der Waals surface area (Å²) in [6, 6.07) is 13.1. The van der Waals surface area contributed by atoms with Gasteiger partial charge in [-0.1, -0.05) is 0 Å². The third-order valence-corrected chi connectivity index (χ3v) is 8.33. The molecule has 2 rings (SSSR count). The Balaban J connectivity index is 2.19. The van der Waals surface area contributed by atoms with Gasteiger partial charge in [0.1, 0.15) is 0 Å². The SMILES string of the molecule is Cc1ccc(S(=O)(=O)OI(O)c2ccc(Br)cc2)cc1. The summed E-state index contributed by atoms with van der Waals surface area (Å²) in [4.78, 5) is 0.0524. The number of benzene rings is 2. The zero-order valence-corrected chi connectivity index (χ0v) is 15.0. The van der Waals surface area contributed by atoms with Gasteiger partial charge >= 0.3 is 135 Å². The van der Waals surface area contributed by atoms with E-state index in [1.807, 2.05) is 6.92 Å². The van der Waals surface area contributed by atoms with E-state index in [0.717, 1.165) is 10.0 Å². The van der Waals surface area contributed by atoms with E-state index in [-0.39, 0.29) is 4.90 Å². The zero-order chi connectivity index (χ0) is 14.8. The van der Waals surface area contributed by atoms with Gasteiger partial charge in [0.15, 0.2) is 0 Å². The second-order valence-corrected chi connectivity index (χ2v) is 10.1. The van der Waals surface area contributed by atoms with Crippen molar-refractivity contribution in [2.45, 2.75) is 11.8 Å². The van der Waals surface area contributed by atoms with Gasteiger partial charge in [-0.2, -0.15) is 0 Å². The fraction of sp³-hybridized carbons (Fsp3) is 0.0769. The van der Waals surface area contributed by atoms with Crippen LogP contribution in [0, 0.1) is 10.5 Å². The predicted octanol–water partition coefficient (Wildman–Crippen LogP) is 3.66. The van der Waals surface area contributed by atoms with Crippen molar-refractivity contribution in [3.63, 3.8) is 0 Å². The van der Waals surface area contributed by atoms with Crippen molar-refractivity contribution in [3.8, 4) is 0 Å². The van der Waals surface area contributed by atoms with Gasteiger partial charge in [0.05, 0.1) is 0 Å². The first-order valence-electron chi connectivity index (χ1n) is 5.55. The molecule has 0 aliphatic rings. The van der Waals surface area contributed by atoms with Gasteiger partial charge in [0, 0.05) is 0 Å². The van der Waals surface area contributed by atoms with Crippen LogP contribution in [-0.4, -0.2) is 11.9 Å². The van der Waals surface area contributed by atoms with E-state index in [1.165, 1.54) is 12.1 Å². The van der Waals surface area contributed by atoms with Crippen molar-refractivity contribution in [1.82, 2.24) is 0 Å². The van der Waals surface area contributed by atoms with Crippen LogP contribution in [0.2, 0.25) is 0 Å². The molecule has 20 heavy (non-hydrogen) atoms. The number of aryl methyl sites for hydroxylation is 1. The third kappa shape index (κ3) is 4.01. The van der Waals surface area contributed by atoms with Crippen molar-refractivity contribution in [2.24, 2.45) is 0 Å². The molecular weight excluding hydrogens is 459 g/mol. The van der Waals surface area contributed by atoms with E-state index in [9.17, 15) is 11.9 Å². The molecule has 2 aromatic rings. The van der Waals surface area contributed by atoms with E-state index in [4.69, 9.17) is 2.51 Å². The van der Waals surface area contributed by atoms with Crippen molar-refractivity contribution < 1.29 is 14.4 Å². The van der Waals surface area contributed by atoms with Gasteiger partial charge in [0.2, 0.25) is 0 Å². The molecule has 0 aliphatic carbocycles. The Hall–Kier alpha value is -0.480. The quantitative estimate of drug-likeness (QED) is 0.692. The van der Waals surface area contributed by atoms with Gasteiger partial charge in [-0.15, -0.1) is 0 Å². The van der Waals surface area contributed by atoms with Crippen molar-refractivity contribution >= 4 is 46.7 Å². The molecule has 0 unspecified atom stereocenters. The van der Waals surface area contributed by atoms with Gasteiger partial charge < -0.3 is 0 Å². The molecule has 0 saturated carbocycles. The standard InChI is InChI=1S/C13H12BrIO4S/c1-10-2-8-13(9-3-10)20(17,18)19-15(16)12-6-4-11(14)5-7-12/h2-9,16H,1H3. The van der Waals surface area contributed by atoms with E-state index >= 15 is 0 Å². The Morgan fingerprint density at radius 3 is 2.15 bits per heavy atom. The Morgan fingerprint density at radius 1 is 1.05 bits per heavy atom. The maximum absolute atomic E-state index is 12.0. The molecular formula is C13H12BrIO4S. The van der Waals surface area contributed by atoms with Crippen LogP contribution in [0.5, 0.6) is 0 Å². The zero-order valence-electron chi connectivity index (χ0n) is 10.5. The minimum absolute atomic E-state index is 0.0524. The molecule has 0 aromatic heterocycles. The van der Waals surface area contributed by atoms with Crippen LogP contribution < -0.4 is 0 Å². The van der Waals surface area contributed by atoms with Gasteiger partial charge in [0.25, 0.3) is 0 Å². The molecule has 0 bridgehead atoms. The van der Waals surface area contributed by atoms with E-state index in [2.05, 4.69) is 15.9 Å². The molecule has 0 heterocycles. The van der Waals surface area contributed by atoms with Gasteiger partial charge in [-0.3, -0.25) is 0 Å². The Bertz CT molecular complexity index is 683. The normalized spacial score (nSPS) is 12.2. The van der Waals surface area contributed by atoms with Crippen LogP contribution >= 0.6 is 36.6 Å². The fourth-order valence-corrected chi connectivity index (χ4v) is 6.00. The molecule has 0 spiro atoms. The first-order valence-corrected chi connectivity index (χ1v) is 10.7. The summed E-state index contributed by atoms with van der Waals surface area (Å²) in [7, 11) is -3.93. The van der Waals surface area contributed by atoms with Crippen molar-refractivity contribution in [1.29, 1.82) is 0 Å². The molecule has 0 saturated heterocycles. The number of hydrogen-bond acceptors (Lipinski definition) is 4. The summed E-state index contributed by atoms with van der Waals surface area (Å²) in [5.74, 6) is 0. The van der Waals surface area contributed by atoms with Crippen molar-refractivity contribution in [3.05, 3.63) is 62.1 Å². The number of hydrogen-bond donors (Lipinski definition) is 1. The Labute approximate surface area is 134 Å². The van der Waals surface area contributed by atoms with Gasteiger partial charge in [-0.05, 0) is 0 Å². The molecule has 0 amide bonds. The first-order chi connectivity index (χ1) is 9.38. The van der Waals surface area contributed by atoms with Crippen LogP contribution in [0.25, 0.3) is 0 Å². The molecule has 0 aliphatic heterocycles. The number of rotatable bonds is 4. The Kier molecular flexibility index (Phi) is 5.19.